The summed E-state index contributed by atoms with van der Waals surface area (Å²) in [6.07, 6.45) is 0.481. The summed E-state index contributed by atoms with van der Waals surface area (Å²) in [5.74, 6) is -0.776. The molecule has 1 unspecified atom stereocenters. The summed E-state index contributed by atoms with van der Waals surface area (Å²) in [5.41, 5.74) is 5.44. The molecule has 0 aromatic carbocycles. The summed E-state index contributed by atoms with van der Waals surface area (Å²) in [6, 6.07) is -1.27. The van der Waals surface area contributed by atoms with Gasteiger partial charge in [-0.05, 0) is 11.8 Å². The van der Waals surface area contributed by atoms with E-state index in [2.05, 4.69) is 10.1 Å². The van der Waals surface area contributed by atoms with Crippen molar-refractivity contribution >= 4 is 24.3 Å². The highest BCUT2D eigenvalue weighted by molar-refractivity contribution is 5.87. The van der Waals surface area contributed by atoms with E-state index < -0.39 is 18.1 Å². The number of hydrogen-bond donors (Lipinski definition) is 2. The number of amides is 1. The average molecular weight is 267 g/mol. The molecule has 3 N–H and O–H groups in total. The van der Waals surface area contributed by atoms with Crippen molar-refractivity contribution in [2.24, 2.45) is 11.1 Å². The Hall–Kier alpha value is -0.810. The molecule has 0 saturated carbocycles. The first kappa shape index (κ1) is 18.6. The maximum absolute atomic E-state index is 11.7. The Kier molecular flexibility index (Phi) is 8.19. The van der Waals surface area contributed by atoms with Gasteiger partial charge in [-0.15, -0.1) is 12.4 Å². The SMILES string of the molecule is CCC(NC(=O)[C@@H](N)C(C)(C)C)C(=O)OC.Cl. The zero-order valence-electron chi connectivity index (χ0n) is 11.1. The number of rotatable bonds is 4. The Morgan fingerprint density at radius 1 is 1.35 bits per heavy atom. The molecule has 0 aromatic heterocycles. The van der Waals surface area contributed by atoms with E-state index in [1.807, 2.05) is 20.8 Å². The molecule has 0 aliphatic heterocycles. The van der Waals surface area contributed by atoms with E-state index in [9.17, 15) is 9.59 Å². The molecule has 17 heavy (non-hydrogen) atoms. The predicted octanol–water partition coefficient (Wildman–Crippen LogP) is 0.849. The Balaban J connectivity index is 0. The lowest BCUT2D eigenvalue weighted by atomic mass is 9.87. The van der Waals surface area contributed by atoms with Crippen LogP contribution in [0.3, 0.4) is 0 Å². The molecule has 1 amide bonds. The highest BCUT2D eigenvalue weighted by Gasteiger charge is 2.30. The lowest BCUT2D eigenvalue weighted by Gasteiger charge is -2.27. The third-order valence-electron chi connectivity index (χ3n) is 2.43. The Bertz CT molecular complexity index is 264. The number of nitrogens with one attached hydrogen (secondary N) is 1. The van der Waals surface area contributed by atoms with Gasteiger partial charge in [0.25, 0.3) is 0 Å². The number of carbonyl (C=O) groups excluding carboxylic acids is 2. The Labute approximate surface area is 109 Å². The van der Waals surface area contributed by atoms with Crippen molar-refractivity contribution < 1.29 is 14.3 Å². The number of esters is 1. The first-order chi connectivity index (χ1) is 7.23. The minimum atomic E-state index is -0.647. The first-order valence-corrected chi connectivity index (χ1v) is 5.37. The molecule has 2 atom stereocenters. The summed E-state index contributed by atoms with van der Waals surface area (Å²) in [7, 11) is 1.29. The van der Waals surface area contributed by atoms with Gasteiger partial charge in [0.2, 0.25) is 5.91 Å². The number of methoxy groups -OCH3 is 1. The summed E-state index contributed by atoms with van der Waals surface area (Å²) in [6.45, 7) is 7.41. The van der Waals surface area contributed by atoms with Gasteiger partial charge >= 0.3 is 5.97 Å². The fourth-order valence-corrected chi connectivity index (χ4v) is 1.12. The van der Waals surface area contributed by atoms with E-state index in [4.69, 9.17) is 5.73 Å². The fraction of sp³-hybridized carbons (Fsp3) is 0.818. The molecule has 0 saturated heterocycles. The first-order valence-electron chi connectivity index (χ1n) is 5.37. The van der Waals surface area contributed by atoms with Gasteiger partial charge in [-0.25, -0.2) is 4.79 Å². The third-order valence-corrected chi connectivity index (χ3v) is 2.43. The quantitative estimate of drug-likeness (QED) is 0.739. The molecule has 6 heteroatoms. The van der Waals surface area contributed by atoms with Crippen molar-refractivity contribution in [1.82, 2.24) is 5.32 Å². The van der Waals surface area contributed by atoms with Gasteiger partial charge in [0, 0.05) is 0 Å². The fourth-order valence-electron chi connectivity index (χ4n) is 1.12. The van der Waals surface area contributed by atoms with E-state index in [1.165, 1.54) is 7.11 Å². The average Bonchev–Trinajstić information content (AvgIpc) is 2.21. The van der Waals surface area contributed by atoms with Crippen molar-refractivity contribution in [3.8, 4) is 0 Å². The van der Waals surface area contributed by atoms with Gasteiger partial charge in [-0.2, -0.15) is 0 Å². The van der Waals surface area contributed by atoms with Gasteiger partial charge in [0.05, 0.1) is 13.2 Å². The second-order valence-electron chi connectivity index (χ2n) is 4.84. The number of nitrogens with two attached hydrogens (primary N) is 1. The van der Waals surface area contributed by atoms with E-state index in [0.29, 0.717) is 6.42 Å². The molecule has 0 aliphatic rings. The summed E-state index contributed by atoms with van der Waals surface area (Å²) in [4.78, 5) is 23.0. The van der Waals surface area contributed by atoms with Gasteiger partial charge in [-0.1, -0.05) is 27.7 Å². The van der Waals surface area contributed by atoms with Crippen LogP contribution in [-0.4, -0.2) is 31.1 Å². The van der Waals surface area contributed by atoms with Crippen LogP contribution < -0.4 is 11.1 Å². The maximum atomic E-state index is 11.7. The molecule has 0 bridgehead atoms. The van der Waals surface area contributed by atoms with E-state index in [-0.39, 0.29) is 23.7 Å². The molecule has 0 aromatic rings. The summed E-state index contributed by atoms with van der Waals surface area (Å²) in [5, 5.41) is 2.59. The smallest absolute Gasteiger partial charge is 0.328 e. The van der Waals surface area contributed by atoms with Crippen molar-refractivity contribution in [1.29, 1.82) is 0 Å². The van der Waals surface area contributed by atoms with Gasteiger partial charge < -0.3 is 15.8 Å². The van der Waals surface area contributed by atoms with Crippen LogP contribution in [0, 0.1) is 5.41 Å². The van der Waals surface area contributed by atoms with Crippen molar-refractivity contribution in [3.05, 3.63) is 0 Å². The third kappa shape index (κ3) is 5.89. The largest absolute Gasteiger partial charge is 0.467 e. The summed E-state index contributed by atoms with van der Waals surface area (Å²) < 4.78 is 4.58. The second-order valence-corrected chi connectivity index (χ2v) is 4.84. The van der Waals surface area contributed by atoms with Crippen LogP contribution in [0.15, 0.2) is 0 Å². The Morgan fingerprint density at radius 2 is 1.82 bits per heavy atom. The molecule has 5 nitrogen and oxygen atoms in total. The molecular formula is C11H23ClN2O3. The van der Waals surface area contributed by atoms with Gasteiger partial charge in [0.1, 0.15) is 6.04 Å². The zero-order valence-corrected chi connectivity index (χ0v) is 11.9. The molecule has 0 aliphatic carbocycles. The van der Waals surface area contributed by atoms with Crippen molar-refractivity contribution in [2.45, 2.75) is 46.2 Å². The molecule has 0 radical (unpaired) electrons. The molecular weight excluding hydrogens is 244 g/mol. The van der Waals surface area contributed by atoms with Crippen LogP contribution in [0.5, 0.6) is 0 Å². The van der Waals surface area contributed by atoms with Crippen molar-refractivity contribution in [2.75, 3.05) is 7.11 Å². The minimum absolute atomic E-state index is 0. The van der Waals surface area contributed by atoms with Gasteiger partial charge in [-0.3, -0.25) is 4.79 Å². The van der Waals surface area contributed by atoms with Crippen LogP contribution in [0.1, 0.15) is 34.1 Å². The van der Waals surface area contributed by atoms with Crippen molar-refractivity contribution in [3.63, 3.8) is 0 Å². The van der Waals surface area contributed by atoms with E-state index in [0.717, 1.165) is 0 Å². The molecule has 0 fully saturated rings. The topological polar surface area (TPSA) is 81.4 Å². The lowest BCUT2D eigenvalue weighted by molar-refractivity contribution is -0.145. The maximum Gasteiger partial charge on any atom is 0.328 e. The minimum Gasteiger partial charge on any atom is -0.467 e. The highest BCUT2D eigenvalue weighted by Crippen LogP contribution is 2.17. The van der Waals surface area contributed by atoms with E-state index >= 15 is 0 Å². The van der Waals surface area contributed by atoms with Crippen LogP contribution >= 0.6 is 12.4 Å². The molecule has 0 spiro atoms. The highest BCUT2D eigenvalue weighted by atomic mass is 35.5. The van der Waals surface area contributed by atoms with Crippen LogP contribution in [-0.2, 0) is 14.3 Å². The molecule has 0 heterocycles. The number of hydrogen-bond acceptors (Lipinski definition) is 4. The lowest BCUT2D eigenvalue weighted by Crippen LogP contribution is -2.53. The Morgan fingerprint density at radius 3 is 2.12 bits per heavy atom. The number of carbonyl (C=O) groups is 2. The standard InChI is InChI=1S/C11H22N2O3.ClH/c1-6-7(10(15)16-5)13-9(14)8(12)11(2,3)4;/h7-8H,6,12H2,1-5H3,(H,13,14);1H/t7?,8-;/m1./s1. The van der Waals surface area contributed by atoms with Crippen LogP contribution in [0.25, 0.3) is 0 Å². The normalized spacial score (nSPS) is 14.2. The van der Waals surface area contributed by atoms with Gasteiger partial charge in [0.15, 0.2) is 0 Å². The van der Waals surface area contributed by atoms with Crippen LogP contribution in [0.2, 0.25) is 0 Å². The molecule has 0 rings (SSSR count). The molecule has 102 valence electrons. The number of ether oxygens (including phenoxy) is 1. The second kappa shape index (κ2) is 7.50. The predicted molar refractivity (Wildman–Crippen MR) is 68.9 cm³/mol. The number of halogens is 1. The van der Waals surface area contributed by atoms with E-state index in [1.54, 1.807) is 6.92 Å². The zero-order chi connectivity index (χ0) is 12.9. The van der Waals surface area contributed by atoms with Crippen LogP contribution in [0.4, 0.5) is 0 Å². The summed E-state index contributed by atoms with van der Waals surface area (Å²) >= 11 is 0. The monoisotopic (exact) mass is 266 g/mol.